The van der Waals surface area contributed by atoms with E-state index in [2.05, 4.69) is 46.7 Å². The van der Waals surface area contributed by atoms with Gasteiger partial charge in [0.25, 0.3) is 5.91 Å². The first-order chi connectivity index (χ1) is 22.3. The monoisotopic (exact) mass is 620 g/mol. The van der Waals surface area contributed by atoms with Crippen LogP contribution in [0.1, 0.15) is 75.0 Å². The van der Waals surface area contributed by atoms with Crippen molar-refractivity contribution in [3.63, 3.8) is 0 Å². The number of amides is 4. The predicted octanol–water partition coefficient (Wildman–Crippen LogP) is 4.89. The number of hydrogen-bond acceptors (Lipinski definition) is 6. The van der Waals surface area contributed by atoms with Gasteiger partial charge >= 0.3 is 6.03 Å². The van der Waals surface area contributed by atoms with Crippen LogP contribution in [0.2, 0.25) is 0 Å². The average molecular weight is 621 g/mol. The highest BCUT2D eigenvalue weighted by Gasteiger charge is 2.42. The summed E-state index contributed by atoms with van der Waals surface area (Å²) in [7, 11) is 0. The van der Waals surface area contributed by atoms with E-state index in [-0.39, 0.29) is 30.3 Å². The van der Waals surface area contributed by atoms with E-state index in [0.29, 0.717) is 17.1 Å². The Morgan fingerprint density at radius 1 is 1.00 bits per heavy atom. The third-order valence-electron chi connectivity index (χ3n) is 9.34. The lowest BCUT2D eigenvalue weighted by Gasteiger charge is -2.36. The zero-order chi connectivity index (χ0) is 32.3. The Morgan fingerprint density at radius 3 is 2.43 bits per heavy atom. The van der Waals surface area contributed by atoms with Crippen LogP contribution in [0.15, 0.2) is 79.1 Å². The quantitative estimate of drug-likeness (QED) is 0.288. The number of nitrogens with two attached hydrogens (primary N) is 1. The summed E-state index contributed by atoms with van der Waals surface area (Å²) in [5, 5.41) is 15.3. The van der Waals surface area contributed by atoms with Gasteiger partial charge in [-0.05, 0) is 72.7 Å². The molecule has 1 fully saturated rings. The number of urea groups is 1. The molecule has 1 aromatic heterocycles. The number of nitrogens with zero attached hydrogens (tertiary/aromatic N) is 6. The molecule has 4 amide bonds. The molecule has 1 aliphatic heterocycles. The van der Waals surface area contributed by atoms with Crippen LogP contribution in [0.5, 0.6) is 0 Å². The molecule has 2 unspecified atom stereocenters. The molecule has 11 nitrogen and oxygen atoms in total. The van der Waals surface area contributed by atoms with Crippen LogP contribution in [0.4, 0.5) is 16.2 Å². The number of anilines is 2. The van der Waals surface area contributed by atoms with Gasteiger partial charge in [0.1, 0.15) is 18.3 Å². The molecule has 2 heterocycles. The number of primary amides is 1. The van der Waals surface area contributed by atoms with Crippen molar-refractivity contribution in [1.82, 2.24) is 25.5 Å². The van der Waals surface area contributed by atoms with Crippen LogP contribution in [0.25, 0.3) is 5.69 Å². The fourth-order valence-corrected chi connectivity index (χ4v) is 7.00. The first-order valence-electron chi connectivity index (χ1n) is 16.0. The van der Waals surface area contributed by atoms with Crippen LogP contribution in [-0.4, -0.2) is 56.2 Å². The molecule has 1 aliphatic carbocycles. The van der Waals surface area contributed by atoms with E-state index < -0.39 is 18.0 Å². The molecule has 46 heavy (non-hydrogen) atoms. The zero-order valence-corrected chi connectivity index (χ0v) is 26.3. The Balaban J connectivity index is 1.49. The summed E-state index contributed by atoms with van der Waals surface area (Å²) in [6, 6.07) is 21.2. The molecular formula is C35H40N8O3. The fraction of sp³-hybridized carbons (Fsp3) is 0.371. The SMILES string of the molecule is CCc1ccc2c(c1)N(CC(=O)NC1(C)CCCCC1)C(=O)C(N(C(N)=O)c1ccccc1-n1ncnn1)CC2c1ccccc1. The van der Waals surface area contributed by atoms with E-state index in [9.17, 15) is 14.4 Å². The Labute approximate surface area is 268 Å². The zero-order valence-electron chi connectivity index (χ0n) is 26.3. The summed E-state index contributed by atoms with van der Waals surface area (Å²) in [5.74, 6) is -0.907. The molecule has 0 bridgehead atoms. The number of aryl methyl sites for hydroxylation is 1. The summed E-state index contributed by atoms with van der Waals surface area (Å²) in [6.07, 6.45) is 7.33. The van der Waals surface area contributed by atoms with Gasteiger partial charge in [-0.1, -0.05) is 80.8 Å². The standard InChI is InChI=1S/C35H40N8O3/c1-3-24-16-17-26-27(25-12-6-4-7-13-25)21-31(42(34(36)46)28-14-8-9-15-29(28)43-38-23-37-40-43)33(45)41(30(26)20-24)22-32(44)39-35(2)18-10-5-11-19-35/h4,6-9,12-17,20,23,27,31H,3,5,10-11,18-19,21-22H2,1-2H3,(H2,36,46)(H,39,44). The van der Waals surface area contributed by atoms with Gasteiger partial charge in [0, 0.05) is 17.1 Å². The summed E-state index contributed by atoms with van der Waals surface area (Å²) in [5.41, 5.74) is 10.2. The van der Waals surface area contributed by atoms with Crippen LogP contribution in [-0.2, 0) is 16.0 Å². The molecule has 1 saturated carbocycles. The van der Waals surface area contributed by atoms with Gasteiger partial charge in [0.2, 0.25) is 5.91 Å². The van der Waals surface area contributed by atoms with Gasteiger partial charge in [-0.25, -0.2) is 4.79 Å². The van der Waals surface area contributed by atoms with Gasteiger partial charge in [-0.2, -0.15) is 0 Å². The first-order valence-corrected chi connectivity index (χ1v) is 16.0. The lowest BCUT2D eigenvalue weighted by Crippen LogP contribution is -2.56. The topological polar surface area (TPSA) is 139 Å². The number of hydrogen-bond donors (Lipinski definition) is 2. The number of carbonyl (C=O) groups excluding carboxylic acids is 3. The highest BCUT2D eigenvalue weighted by Crippen LogP contribution is 2.42. The minimum atomic E-state index is -1.05. The number of carbonyl (C=O) groups is 3. The minimum Gasteiger partial charge on any atom is -0.351 e. The lowest BCUT2D eigenvalue weighted by atomic mass is 9.83. The van der Waals surface area contributed by atoms with E-state index in [4.69, 9.17) is 5.73 Å². The molecule has 238 valence electrons. The van der Waals surface area contributed by atoms with Crippen molar-refractivity contribution in [2.75, 3.05) is 16.3 Å². The van der Waals surface area contributed by atoms with Crippen molar-refractivity contribution in [2.24, 2.45) is 5.73 Å². The van der Waals surface area contributed by atoms with Gasteiger partial charge in [0.15, 0.2) is 6.33 Å². The Bertz CT molecular complexity index is 1700. The molecule has 3 aromatic carbocycles. The van der Waals surface area contributed by atoms with Gasteiger partial charge in [0.05, 0.1) is 5.69 Å². The molecule has 3 N–H and O–H groups in total. The predicted molar refractivity (Wildman–Crippen MR) is 176 cm³/mol. The van der Waals surface area contributed by atoms with Gasteiger partial charge < -0.3 is 16.0 Å². The maximum atomic E-state index is 15.0. The number of fused-ring (bicyclic) bond motifs is 1. The number of para-hydroxylation sites is 2. The Kier molecular flexibility index (Phi) is 8.83. The van der Waals surface area contributed by atoms with Crippen molar-refractivity contribution in [1.29, 1.82) is 0 Å². The number of tetrazole rings is 1. The molecule has 2 aliphatic rings. The molecule has 0 spiro atoms. The van der Waals surface area contributed by atoms with Crippen molar-refractivity contribution >= 4 is 29.2 Å². The van der Waals surface area contributed by atoms with E-state index in [1.165, 1.54) is 16.0 Å². The van der Waals surface area contributed by atoms with Crippen LogP contribution < -0.4 is 20.9 Å². The highest BCUT2D eigenvalue weighted by atomic mass is 16.2. The van der Waals surface area contributed by atoms with Crippen molar-refractivity contribution in [3.05, 3.63) is 95.8 Å². The van der Waals surface area contributed by atoms with E-state index >= 15 is 0 Å². The second-order valence-electron chi connectivity index (χ2n) is 12.5. The molecule has 4 aromatic rings. The van der Waals surface area contributed by atoms with Crippen LogP contribution in [0, 0.1) is 0 Å². The molecule has 0 radical (unpaired) electrons. The van der Waals surface area contributed by atoms with Gasteiger partial charge in [-0.15, -0.1) is 15.0 Å². The molecule has 0 saturated heterocycles. The summed E-state index contributed by atoms with van der Waals surface area (Å²) >= 11 is 0. The minimum absolute atomic E-state index is 0.189. The molecule has 2 atom stereocenters. The number of nitrogens with one attached hydrogen (secondary N) is 1. The third kappa shape index (κ3) is 6.22. The molecule has 11 heteroatoms. The van der Waals surface area contributed by atoms with Crippen LogP contribution in [0.3, 0.4) is 0 Å². The number of benzene rings is 3. The Hall–Kier alpha value is -5.06. The summed E-state index contributed by atoms with van der Waals surface area (Å²) in [6.45, 7) is 3.95. The number of rotatable bonds is 8. The normalized spacial score (nSPS) is 19.2. The van der Waals surface area contributed by atoms with Crippen LogP contribution >= 0.6 is 0 Å². The third-order valence-corrected chi connectivity index (χ3v) is 9.34. The summed E-state index contributed by atoms with van der Waals surface area (Å²) in [4.78, 5) is 46.4. The van der Waals surface area contributed by atoms with Crippen molar-refractivity contribution in [3.8, 4) is 5.69 Å². The van der Waals surface area contributed by atoms with Crippen molar-refractivity contribution in [2.45, 2.75) is 76.3 Å². The van der Waals surface area contributed by atoms with Gasteiger partial charge in [-0.3, -0.25) is 14.5 Å². The largest absolute Gasteiger partial charge is 0.351 e. The first kappa shape index (κ1) is 30.9. The van der Waals surface area contributed by atoms with E-state index in [0.717, 1.165) is 55.2 Å². The lowest BCUT2D eigenvalue weighted by molar-refractivity contribution is -0.125. The molecule has 6 rings (SSSR count). The Morgan fingerprint density at radius 2 is 1.74 bits per heavy atom. The van der Waals surface area contributed by atoms with E-state index in [1.807, 2.05) is 36.4 Å². The van der Waals surface area contributed by atoms with E-state index in [1.54, 1.807) is 29.2 Å². The smallest absolute Gasteiger partial charge is 0.320 e. The number of aromatic nitrogens is 4. The highest BCUT2D eigenvalue weighted by molar-refractivity contribution is 6.09. The second-order valence-corrected chi connectivity index (χ2v) is 12.5. The average Bonchev–Trinajstić information content (AvgIpc) is 3.57. The maximum Gasteiger partial charge on any atom is 0.320 e. The fourth-order valence-electron chi connectivity index (χ4n) is 7.00. The van der Waals surface area contributed by atoms with Crippen molar-refractivity contribution < 1.29 is 14.4 Å². The summed E-state index contributed by atoms with van der Waals surface area (Å²) < 4.78 is 0. The molecular weight excluding hydrogens is 580 g/mol. The second kappa shape index (κ2) is 13.1. The maximum absolute atomic E-state index is 15.0.